The molecule has 0 saturated carbocycles. The van der Waals surface area contributed by atoms with E-state index in [9.17, 15) is 13.2 Å². The van der Waals surface area contributed by atoms with Gasteiger partial charge in [-0.25, -0.2) is 4.98 Å². The zero-order valence-electron chi connectivity index (χ0n) is 12.2. The largest absolute Gasteiger partial charge is 0.475 e. The van der Waals surface area contributed by atoms with Crippen molar-refractivity contribution in [3.05, 3.63) is 11.8 Å². The number of anilines is 1. The summed E-state index contributed by atoms with van der Waals surface area (Å²) in [6, 6.07) is 0.789. The van der Waals surface area contributed by atoms with Crippen LogP contribution in [0.15, 0.2) is 6.07 Å². The number of nitrogens with zero attached hydrogens (tertiary/aromatic N) is 2. The molecule has 120 valence electrons. The van der Waals surface area contributed by atoms with Gasteiger partial charge in [-0.2, -0.15) is 18.2 Å². The zero-order chi connectivity index (χ0) is 15.7. The molecule has 0 aliphatic heterocycles. The SMILES string of the molecule is CCCNc1nc(OCCOCCC)cc(C(F)(F)F)n1. The molecule has 0 atom stereocenters. The van der Waals surface area contributed by atoms with E-state index in [1.807, 2.05) is 13.8 Å². The summed E-state index contributed by atoms with van der Waals surface area (Å²) < 4.78 is 48.7. The predicted molar refractivity (Wildman–Crippen MR) is 72.4 cm³/mol. The molecule has 0 aliphatic carbocycles. The van der Waals surface area contributed by atoms with E-state index in [4.69, 9.17) is 9.47 Å². The molecule has 0 unspecified atom stereocenters. The van der Waals surface area contributed by atoms with Gasteiger partial charge in [-0.1, -0.05) is 13.8 Å². The Morgan fingerprint density at radius 1 is 1.10 bits per heavy atom. The van der Waals surface area contributed by atoms with Crippen molar-refractivity contribution < 1.29 is 22.6 Å². The minimum absolute atomic E-state index is 0.0869. The minimum Gasteiger partial charge on any atom is -0.475 e. The maximum Gasteiger partial charge on any atom is 0.433 e. The third kappa shape index (κ3) is 6.61. The van der Waals surface area contributed by atoms with Crippen LogP contribution >= 0.6 is 0 Å². The molecule has 1 aromatic rings. The van der Waals surface area contributed by atoms with Gasteiger partial charge in [0.15, 0.2) is 5.69 Å². The van der Waals surface area contributed by atoms with Crippen LogP contribution in [-0.2, 0) is 10.9 Å². The van der Waals surface area contributed by atoms with Gasteiger partial charge in [0.05, 0.1) is 6.61 Å². The minimum atomic E-state index is -4.54. The van der Waals surface area contributed by atoms with Crippen LogP contribution in [0.5, 0.6) is 5.88 Å². The molecule has 0 saturated heterocycles. The van der Waals surface area contributed by atoms with Gasteiger partial charge in [0.2, 0.25) is 11.8 Å². The summed E-state index contributed by atoms with van der Waals surface area (Å²) in [5.74, 6) is -0.202. The van der Waals surface area contributed by atoms with E-state index in [2.05, 4.69) is 15.3 Å². The monoisotopic (exact) mass is 307 g/mol. The maximum absolute atomic E-state index is 12.8. The lowest BCUT2D eigenvalue weighted by atomic mass is 10.4. The van der Waals surface area contributed by atoms with E-state index in [1.54, 1.807) is 0 Å². The Morgan fingerprint density at radius 3 is 2.48 bits per heavy atom. The number of ether oxygens (including phenoxy) is 2. The Labute approximate surface area is 121 Å². The zero-order valence-corrected chi connectivity index (χ0v) is 12.2. The summed E-state index contributed by atoms with van der Waals surface area (Å²) in [5, 5.41) is 2.72. The quantitative estimate of drug-likeness (QED) is 0.710. The van der Waals surface area contributed by atoms with Crippen molar-refractivity contribution in [2.75, 3.05) is 31.7 Å². The molecule has 0 spiro atoms. The average molecular weight is 307 g/mol. The fraction of sp³-hybridized carbons (Fsp3) is 0.692. The fourth-order valence-corrected chi connectivity index (χ4v) is 1.41. The van der Waals surface area contributed by atoms with Crippen LogP contribution in [0.4, 0.5) is 19.1 Å². The molecule has 0 radical (unpaired) electrons. The van der Waals surface area contributed by atoms with Gasteiger partial charge in [-0.15, -0.1) is 0 Å². The smallest absolute Gasteiger partial charge is 0.433 e. The molecule has 8 heteroatoms. The molecule has 5 nitrogen and oxygen atoms in total. The van der Waals surface area contributed by atoms with Crippen LogP contribution < -0.4 is 10.1 Å². The Balaban J connectivity index is 2.72. The first-order valence-corrected chi connectivity index (χ1v) is 6.88. The summed E-state index contributed by atoms with van der Waals surface area (Å²) in [6.45, 7) is 5.37. The highest BCUT2D eigenvalue weighted by Gasteiger charge is 2.34. The van der Waals surface area contributed by atoms with Crippen LogP contribution in [0.1, 0.15) is 32.4 Å². The third-order valence-electron chi connectivity index (χ3n) is 2.35. The van der Waals surface area contributed by atoms with E-state index < -0.39 is 11.9 Å². The first-order chi connectivity index (χ1) is 9.97. The van der Waals surface area contributed by atoms with Crippen molar-refractivity contribution in [2.45, 2.75) is 32.9 Å². The van der Waals surface area contributed by atoms with E-state index >= 15 is 0 Å². The molecule has 1 aromatic heterocycles. The van der Waals surface area contributed by atoms with E-state index in [1.165, 1.54) is 0 Å². The van der Waals surface area contributed by atoms with Crippen molar-refractivity contribution in [1.82, 2.24) is 9.97 Å². The summed E-state index contributed by atoms with van der Waals surface area (Å²) in [6.07, 6.45) is -2.92. The highest BCUT2D eigenvalue weighted by molar-refractivity contribution is 5.31. The van der Waals surface area contributed by atoms with E-state index in [0.29, 0.717) is 19.8 Å². The average Bonchev–Trinajstić information content (AvgIpc) is 2.44. The fourth-order valence-electron chi connectivity index (χ4n) is 1.41. The maximum atomic E-state index is 12.8. The third-order valence-corrected chi connectivity index (χ3v) is 2.35. The van der Waals surface area contributed by atoms with Crippen LogP contribution in [0, 0.1) is 0 Å². The van der Waals surface area contributed by atoms with Gasteiger partial charge in [0, 0.05) is 19.2 Å². The molecule has 21 heavy (non-hydrogen) atoms. The summed E-state index contributed by atoms with van der Waals surface area (Å²) in [7, 11) is 0. The lowest BCUT2D eigenvalue weighted by molar-refractivity contribution is -0.141. The summed E-state index contributed by atoms with van der Waals surface area (Å²) in [4.78, 5) is 7.34. The second-order valence-corrected chi connectivity index (χ2v) is 4.30. The van der Waals surface area contributed by atoms with Crippen molar-refractivity contribution >= 4 is 5.95 Å². The first-order valence-electron chi connectivity index (χ1n) is 6.88. The number of alkyl halides is 3. The van der Waals surface area contributed by atoms with Crippen molar-refractivity contribution in [3.63, 3.8) is 0 Å². The van der Waals surface area contributed by atoms with Gasteiger partial charge in [-0.3, -0.25) is 0 Å². The van der Waals surface area contributed by atoms with Crippen LogP contribution in [-0.4, -0.2) is 36.3 Å². The van der Waals surface area contributed by atoms with Crippen molar-refractivity contribution in [3.8, 4) is 5.88 Å². The van der Waals surface area contributed by atoms with Crippen molar-refractivity contribution in [1.29, 1.82) is 0 Å². The van der Waals surface area contributed by atoms with E-state index in [0.717, 1.165) is 18.9 Å². The second kappa shape index (κ2) is 8.66. The van der Waals surface area contributed by atoms with Gasteiger partial charge in [0.25, 0.3) is 0 Å². The van der Waals surface area contributed by atoms with Crippen LogP contribution in [0.3, 0.4) is 0 Å². The molecule has 1 rings (SSSR count). The molecule has 0 aliphatic rings. The lowest BCUT2D eigenvalue weighted by Crippen LogP contribution is -2.14. The normalized spacial score (nSPS) is 11.5. The summed E-state index contributed by atoms with van der Waals surface area (Å²) >= 11 is 0. The second-order valence-electron chi connectivity index (χ2n) is 4.30. The highest BCUT2D eigenvalue weighted by Crippen LogP contribution is 2.30. The number of halogens is 3. The molecule has 0 amide bonds. The first kappa shape index (κ1) is 17.5. The number of aromatic nitrogens is 2. The highest BCUT2D eigenvalue weighted by atomic mass is 19.4. The Morgan fingerprint density at radius 2 is 1.86 bits per heavy atom. The number of nitrogens with one attached hydrogen (secondary N) is 1. The Bertz CT molecular complexity index is 428. The van der Waals surface area contributed by atoms with Crippen LogP contribution in [0.2, 0.25) is 0 Å². The summed E-state index contributed by atoms with van der Waals surface area (Å²) in [5.41, 5.74) is -1.03. The number of hydrogen-bond donors (Lipinski definition) is 1. The topological polar surface area (TPSA) is 56.3 Å². The molecule has 1 N–H and O–H groups in total. The molecular weight excluding hydrogens is 287 g/mol. The molecule has 0 aromatic carbocycles. The molecular formula is C13H20F3N3O2. The standard InChI is InChI=1S/C13H20F3N3O2/c1-3-5-17-12-18-10(13(14,15)16)9-11(19-12)21-8-7-20-6-4-2/h9H,3-8H2,1-2H3,(H,17,18,19). The van der Waals surface area contributed by atoms with Gasteiger partial charge in [-0.05, 0) is 12.8 Å². The van der Waals surface area contributed by atoms with Gasteiger partial charge < -0.3 is 14.8 Å². The van der Waals surface area contributed by atoms with Gasteiger partial charge >= 0.3 is 6.18 Å². The van der Waals surface area contributed by atoms with Crippen molar-refractivity contribution in [2.24, 2.45) is 0 Å². The Hall–Kier alpha value is -1.57. The predicted octanol–water partition coefficient (Wildman–Crippen LogP) is 3.12. The lowest BCUT2D eigenvalue weighted by Gasteiger charge is -2.12. The Kier molecular flexibility index (Phi) is 7.21. The van der Waals surface area contributed by atoms with E-state index in [-0.39, 0.29) is 18.4 Å². The van der Waals surface area contributed by atoms with Gasteiger partial charge in [0.1, 0.15) is 6.61 Å². The molecule has 0 bridgehead atoms. The number of rotatable bonds is 9. The molecule has 1 heterocycles. The van der Waals surface area contributed by atoms with Crippen LogP contribution in [0.25, 0.3) is 0 Å². The molecule has 0 fully saturated rings. The number of hydrogen-bond acceptors (Lipinski definition) is 5.